The average molecular weight is 272 g/mol. The normalized spacial score (nSPS) is 9.95. The first-order valence-corrected chi connectivity index (χ1v) is 6.05. The molecule has 0 unspecified atom stereocenters. The second-order valence-electron chi connectivity index (χ2n) is 4.32. The van der Waals surface area contributed by atoms with E-state index in [1.165, 1.54) is 13.3 Å². The van der Waals surface area contributed by atoms with Crippen molar-refractivity contribution < 1.29 is 9.53 Å². The highest BCUT2D eigenvalue weighted by Crippen LogP contribution is 2.26. The molecule has 0 fully saturated rings. The van der Waals surface area contributed by atoms with E-state index < -0.39 is 5.97 Å². The SMILES string of the molecule is COC(=O)c1cncc(Nc2ccccc2N(C)C)n1. The van der Waals surface area contributed by atoms with Crippen molar-refractivity contribution in [2.75, 3.05) is 31.4 Å². The van der Waals surface area contributed by atoms with E-state index in [9.17, 15) is 4.79 Å². The second kappa shape index (κ2) is 6.01. The molecular weight excluding hydrogens is 256 g/mol. The number of rotatable bonds is 4. The van der Waals surface area contributed by atoms with E-state index in [1.807, 2.05) is 43.3 Å². The number of methoxy groups -OCH3 is 1. The van der Waals surface area contributed by atoms with Crippen molar-refractivity contribution in [3.8, 4) is 0 Å². The van der Waals surface area contributed by atoms with Gasteiger partial charge in [0.2, 0.25) is 0 Å². The van der Waals surface area contributed by atoms with Gasteiger partial charge in [0.25, 0.3) is 0 Å². The Morgan fingerprint density at radius 1 is 1.25 bits per heavy atom. The van der Waals surface area contributed by atoms with Crippen molar-refractivity contribution in [3.63, 3.8) is 0 Å². The molecule has 1 aromatic carbocycles. The van der Waals surface area contributed by atoms with E-state index in [-0.39, 0.29) is 5.69 Å². The minimum absolute atomic E-state index is 0.167. The molecule has 0 aliphatic rings. The summed E-state index contributed by atoms with van der Waals surface area (Å²) >= 11 is 0. The van der Waals surface area contributed by atoms with E-state index in [4.69, 9.17) is 0 Å². The van der Waals surface area contributed by atoms with Gasteiger partial charge in [0.05, 0.1) is 30.9 Å². The fourth-order valence-electron chi connectivity index (χ4n) is 1.74. The summed E-state index contributed by atoms with van der Waals surface area (Å²) in [6, 6.07) is 7.80. The molecule has 104 valence electrons. The molecule has 0 atom stereocenters. The lowest BCUT2D eigenvalue weighted by atomic mass is 10.2. The van der Waals surface area contributed by atoms with Crippen LogP contribution >= 0.6 is 0 Å². The molecule has 20 heavy (non-hydrogen) atoms. The first kappa shape index (κ1) is 13.8. The van der Waals surface area contributed by atoms with Crippen LogP contribution in [0.15, 0.2) is 36.7 Å². The maximum Gasteiger partial charge on any atom is 0.358 e. The van der Waals surface area contributed by atoms with Gasteiger partial charge < -0.3 is 15.0 Å². The standard InChI is InChI=1S/C14H16N4O2/c1-18(2)12-7-5-4-6-10(12)16-13-9-15-8-11(17-13)14(19)20-3/h4-9H,1-3H3,(H,16,17). The van der Waals surface area contributed by atoms with Crippen LogP contribution < -0.4 is 10.2 Å². The van der Waals surface area contributed by atoms with Crippen molar-refractivity contribution in [2.24, 2.45) is 0 Å². The van der Waals surface area contributed by atoms with Gasteiger partial charge in [-0.2, -0.15) is 0 Å². The third-order valence-electron chi connectivity index (χ3n) is 2.68. The minimum Gasteiger partial charge on any atom is -0.464 e. The van der Waals surface area contributed by atoms with Crippen molar-refractivity contribution in [1.82, 2.24) is 9.97 Å². The smallest absolute Gasteiger partial charge is 0.358 e. The lowest BCUT2D eigenvalue weighted by molar-refractivity contribution is 0.0593. The van der Waals surface area contributed by atoms with Crippen molar-refractivity contribution >= 4 is 23.2 Å². The molecule has 0 amide bonds. The Balaban J connectivity index is 2.29. The molecule has 6 heteroatoms. The number of ether oxygens (including phenoxy) is 1. The van der Waals surface area contributed by atoms with E-state index in [2.05, 4.69) is 20.0 Å². The van der Waals surface area contributed by atoms with Crippen LogP contribution in [-0.4, -0.2) is 37.1 Å². The first-order valence-electron chi connectivity index (χ1n) is 6.05. The van der Waals surface area contributed by atoms with Gasteiger partial charge in [-0.15, -0.1) is 0 Å². The Kier molecular flexibility index (Phi) is 4.14. The summed E-state index contributed by atoms with van der Waals surface area (Å²) in [5.74, 6) is -0.0238. The Hall–Kier alpha value is -2.63. The number of esters is 1. The molecule has 0 spiro atoms. The number of anilines is 3. The van der Waals surface area contributed by atoms with Crippen LogP contribution in [0.3, 0.4) is 0 Å². The maximum absolute atomic E-state index is 11.4. The maximum atomic E-state index is 11.4. The predicted octanol–water partition coefficient (Wildman–Crippen LogP) is 2.07. The highest BCUT2D eigenvalue weighted by atomic mass is 16.5. The quantitative estimate of drug-likeness (QED) is 0.859. The molecule has 1 heterocycles. The molecule has 0 saturated heterocycles. The van der Waals surface area contributed by atoms with Gasteiger partial charge in [-0.3, -0.25) is 4.98 Å². The van der Waals surface area contributed by atoms with Gasteiger partial charge in [0.1, 0.15) is 5.82 Å². The van der Waals surface area contributed by atoms with Crippen LogP contribution in [-0.2, 0) is 4.74 Å². The van der Waals surface area contributed by atoms with Gasteiger partial charge in [0.15, 0.2) is 5.69 Å². The molecule has 0 aliphatic carbocycles. The molecule has 0 saturated carbocycles. The van der Waals surface area contributed by atoms with Crippen molar-refractivity contribution in [1.29, 1.82) is 0 Å². The number of aromatic nitrogens is 2. The number of nitrogens with zero attached hydrogens (tertiary/aromatic N) is 3. The van der Waals surface area contributed by atoms with Gasteiger partial charge in [-0.25, -0.2) is 9.78 Å². The minimum atomic E-state index is -0.512. The van der Waals surface area contributed by atoms with Gasteiger partial charge >= 0.3 is 5.97 Å². The summed E-state index contributed by atoms with van der Waals surface area (Å²) < 4.78 is 4.63. The molecule has 2 aromatic rings. The van der Waals surface area contributed by atoms with Crippen LogP contribution in [0.5, 0.6) is 0 Å². The third-order valence-corrected chi connectivity index (χ3v) is 2.68. The summed E-state index contributed by atoms with van der Waals surface area (Å²) in [6.45, 7) is 0. The summed E-state index contributed by atoms with van der Waals surface area (Å²) in [6.07, 6.45) is 2.92. The van der Waals surface area contributed by atoms with Crippen LogP contribution in [0.25, 0.3) is 0 Å². The number of carbonyl (C=O) groups is 1. The van der Waals surface area contributed by atoms with Crippen molar-refractivity contribution in [3.05, 3.63) is 42.4 Å². The third kappa shape index (κ3) is 3.03. The number of para-hydroxylation sites is 2. The van der Waals surface area contributed by atoms with E-state index in [1.54, 1.807) is 6.20 Å². The summed E-state index contributed by atoms with van der Waals surface area (Å²) in [4.78, 5) is 21.6. The van der Waals surface area contributed by atoms with Gasteiger partial charge in [-0.05, 0) is 12.1 Å². The molecule has 0 radical (unpaired) electrons. The predicted molar refractivity (Wildman–Crippen MR) is 77.4 cm³/mol. The fourth-order valence-corrected chi connectivity index (χ4v) is 1.74. The monoisotopic (exact) mass is 272 g/mol. The molecule has 1 N–H and O–H groups in total. The zero-order valence-electron chi connectivity index (χ0n) is 11.6. The molecule has 0 bridgehead atoms. The number of carbonyl (C=O) groups excluding carboxylic acids is 1. The Labute approximate surface area is 117 Å². The summed E-state index contributed by atoms with van der Waals surface area (Å²) in [5, 5.41) is 3.15. The van der Waals surface area contributed by atoms with Crippen LogP contribution in [0, 0.1) is 0 Å². The highest BCUT2D eigenvalue weighted by molar-refractivity contribution is 5.87. The number of hydrogen-bond donors (Lipinski definition) is 1. The molecule has 1 aromatic heterocycles. The zero-order chi connectivity index (χ0) is 14.5. The van der Waals surface area contributed by atoms with Gasteiger partial charge in [0, 0.05) is 14.1 Å². The topological polar surface area (TPSA) is 67.3 Å². The Morgan fingerprint density at radius 2 is 2.00 bits per heavy atom. The Morgan fingerprint density at radius 3 is 2.70 bits per heavy atom. The van der Waals surface area contributed by atoms with E-state index in [0.717, 1.165) is 11.4 Å². The van der Waals surface area contributed by atoms with Crippen LogP contribution in [0.2, 0.25) is 0 Å². The highest BCUT2D eigenvalue weighted by Gasteiger charge is 2.10. The van der Waals surface area contributed by atoms with Crippen LogP contribution in [0.1, 0.15) is 10.5 Å². The number of nitrogens with one attached hydrogen (secondary N) is 1. The van der Waals surface area contributed by atoms with Gasteiger partial charge in [-0.1, -0.05) is 12.1 Å². The summed E-state index contributed by atoms with van der Waals surface area (Å²) in [7, 11) is 5.22. The first-order chi connectivity index (χ1) is 9.61. The van der Waals surface area contributed by atoms with E-state index >= 15 is 0 Å². The van der Waals surface area contributed by atoms with E-state index in [0.29, 0.717) is 5.82 Å². The zero-order valence-corrected chi connectivity index (χ0v) is 11.6. The molecule has 6 nitrogen and oxygen atoms in total. The molecular formula is C14H16N4O2. The lowest BCUT2D eigenvalue weighted by Gasteiger charge is -2.17. The second-order valence-corrected chi connectivity index (χ2v) is 4.32. The van der Waals surface area contributed by atoms with Crippen molar-refractivity contribution in [2.45, 2.75) is 0 Å². The largest absolute Gasteiger partial charge is 0.464 e. The number of hydrogen-bond acceptors (Lipinski definition) is 6. The molecule has 0 aliphatic heterocycles. The molecule has 2 rings (SSSR count). The van der Waals surface area contributed by atoms with Crippen LogP contribution in [0.4, 0.5) is 17.2 Å². The average Bonchev–Trinajstić information content (AvgIpc) is 2.47. The fraction of sp³-hybridized carbons (Fsp3) is 0.214. The summed E-state index contributed by atoms with van der Waals surface area (Å²) in [5.41, 5.74) is 2.06. The lowest BCUT2D eigenvalue weighted by Crippen LogP contribution is -2.11. The number of benzene rings is 1. The Bertz CT molecular complexity index is 614.